The highest BCUT2D eigenvalue weighted by atomic mass is 16.5. The number of unbranched alkanes of at least 4 members (excludes halogenated alkanes) is 3. The molecular weight excluding hydrogens is 629 g/mol. The van der Waals surface area contributed by atoms with Gasteiger partial charge in [-0.25, -0.2) is 0 Å². The minimum absolute atomic E-state index is 0.889. The van der Waals surface area contributed by atoms with E-state index >= 15 is 0 Å². The molecule has 306 valence electrons. The zero-order valence-electron chi connectivity index (χ0n) is 38.6. The van der Waals surface area contributed by atoms with Crippen LogP contribution in [0, 0.1) is 11.8 Å². The summed E-state index contributed by atoms with van der Waals surface area (Å²) in [6.07, 6.45) is 17.9. The lowest BCUT2D eigenvalue weighted by atomic mass is 10.0. The van der Waals surface area contributed by atoms with Gasteiger partial charge in [0.1, 0.15) is 0 Å². The fourth-order valence-corrected chi connectivity index (χ4v) is 3.07. The van der Waals surface area contributed by atoms with Crippen LogP contribution in [0.3, 0.4) is 0 Å². The Kier molecular flexibility index (Phi) is 62.5. The maximum Gasteiger partial charge on any atom is 0.0919 e. The van der Waals surface area contributed by atoms with Crippen molar-refractivity contribution in [3.05, 3.63) is 34.6 Å². The zero-order valence-corrected chi connectivity index (χ0v) is 38.6. The maximum atomic E-state index is 5.14. The number of hydrazone groups is 1. The molecule has 0 unspecified atom stereocenters. The van der Waals surface area contributed by atoms with Gasteiger partial charge in [-0.3, -0.25) is 5.01 Å². The first kappa shape index (κ1) is 61.0. The molecule has 1 aliphatic carbocycles. The minimum atomic E-state index is 0.889. The third-order valence-electron chi connectivity index (χ3n) is 7.06. The molecule has 3 aliphatic rings. The Morgan fingerprint density at radius 2 is 1.18 bits per heavy atom. The Morgan fingerprint density at radius 1 is 0.725 bits per heavy atom. The van der Waals surface area contributed by atoms with Gasteiger partial charge in [-0.2, -0.15) is 5.10 Å². The fourth-order valence-electron chi connectivity index (χ4n) is 3.07. The number of rotatable bonds is 8. The summed E-state index contributed by atoms with van der Waals surface area (Å²) in [7, 11) is 12.1. The number of methoxy groups -OCH3 is 1. The Labute approximate surface area is 323 Å². The molecule has 6 heteroatoms. The molecule has 0 saturated heterocycles. The molecule has 0 amide bonds. The lowest BCUT2D eigenvalue weighted by molar-refractivity contribution is 0.199. The molecule has 51 heavy (non-hydrogen) atoms. The van der Waals surface area contributed by atoms with Crippen LogP contribution in [0.1, 0.15) is 168 Å². The van der Waals surface area contributed by atoms with Gasteiger partial charge in [-0.1, -0.05) is 104 Å². The number of nitrogens with zero attached hydrogens (tertiary/aromatic N) is 4. The van der Waals surface area contributed by atoms with Crippen LogP contribution >= 0.6 is 0 Å². The van der Waals surface area contributed by atoms with Crippen LogP contribution in [0.25, 0.3) is 0 Å². The summed E-state index contributed by atoms with van der Waals surface area (Å²) < 4.78 is 9.84. The van der Waals surface area contributed by atoms with Crippen molar-refractivity contribution in [2.75, 3.05) is 75.2 Å². The van der Waals surface area contributed by atoms with Crippen molar-refractivity contribution in [2.24, 2.45) is 5.10 Å². The van der Waals surface area contributed by atoms with E-state index in [9.17, 15) is 0 Å². The average molecular weight is 723 g/mol. The van der Waals surface area contributed by atoms with Crippen molar-refractivity contribution in [3.63, 3.8) is 0 Å². The van der Waals surface area contributed by atoms with E-state index in [-0.39, 0.29) is 0 Å². The lowest BCUT2D eigenvalue weighted by Gasteiger charge is -2.13. The van der Waals surface area contributed by atoms with Gasteiger partial charge < -0.3 is 19.3 Å². The van der Waals surface area contributed by atoms with Gasteiger partial charge in [0, 0.05) is 65.4 Å². The molecule has 0 aromatic carbocycles. The quantitative estimate of drug-likeness (QED) is 0.233. The van der Waals surface area contributed by atoms with E-state index < -0.39 is 0 Å². The van der Waals surface area contributed by atoms with Crippen molar-refractivity contribution < 1.29 is 9.47 Å². The second-order valence-corrected chi connectivity index (χ2v) is 13.2. The average Bonchev–Trinajstić information content (AvgIpc) is 3.70. The molecule has 0 saturated carbocycles. The largest absolute Gasteiger partial charge is 0.498 e. The standard InChI is InChI=1S/C8H12.C6H16N2.C6H10O.C6H10.C5H10N2.C4H10O.2C4H10.C2H6/c1-7-3-5-8(2)6-4-7;1-7(2)5-6-8(3)4;1-5-3-4-7-6(5)2;1-3-5-6-4-2;1-5-3-4-7(2)6-5;1-3-4-5-2;2*1-3-4-2;1-2/h3,5H,4,6H2,1-2H3;5-6H2,1-4H3;3-4H2,1-2H3;3,5H2,1-2H3;3-4H2,1-2H3;3-4H2,1-2H3;2*3-4H2,1-2H3;1-2H3. The van der Waals surface area contributed by atoms with Gasteiger partial charge in [0.2, 0.25) is 0 Å². The molecule has 0 spiro atoms. The SMILES string of the molecule is CC.CC#CCCC.CC1=C(C)OCC1.CC1=CC=C(C)CC1.CC1=NN(C)CC1.CCCC.CCCC.CCCOC.CN(C)CCN(C)C. The maximum absolute atomic E-state index is 5.14. The van der Waals surface area contributed by atoms with Crippen LogP contribution in [0.2, 0.25) is 0 Å². The summed E-state index contributed by atoms with van der Waals surface area (Å²) in [6.45, 7) is 34.5. The third-order valence-corrected chi connectivity index (χ3v) is 7.06. The van der Waals surface area contributed by atoms with E-state index in [1.54, 1.807) is 7.11 Å². The number of hydrogen-bond donors (Lipinski definition) is 0. The topological polar surface area (TPSA) is 40.5 Å². The van der Waals surface area contributed by atoms with Crippen LogP contribution in [0.5, 0.6) is 0 Å². The molecule has 0 aromatic heterocycles. The molecule has 0 fully saturated rings. The third kappa shape index (κ3) is 66.7. The summed E-state index contributed by atoms with van der Waals surface area (Å²) in [4.78, 5) is 4.36. The lowest BCUT2D eigenvalue weighted by Crippen LogP contribution is -2.25. The van der Waals surface area contributed by atoms with Gasteiger partial charge in [0.15, 0.2) is 0 Å². The second kappa shape index (κ2) is 52.3. The molecule has 3 rings (SSSR count). The van der Waals surface area contributed by atoms with Gasteiger partial charge in [0.05, 0.1) is 12.4 Å². The Hall–Kier alpha value is -2.07. The number of ether oxygens (including phenoxy) is 2. The van der Waals surface area contributed by atoms with Crippen molar-refractivity contribution in [3.8, 4) is 11.8 Å². The van der Waals surface area contributed by atoms with Crippen molar-refractivity contribution in [1.29, 1.82) is 0 Å². The number of hydrogen-bond acceptors (Lipinski definition) is 6. The first-order valence-corrected chi connectivity index (χ1v) is 20.2. The summed E-state index contributed by atoms with van der Waals surface area (Å²) >= 11 is 0. The minimum Gasteiger partial charge on any atom is -0.498 e. The molecule has 0 bridgehead atoms. The van der Waals surface area contributed by atoms with Crippen molar-refractivity contribution in [2.45, 2.75) is 168 Å². The summed E-state index contributed by atoms with van der Waals surface area (Å²) in [5, 5.41) is 6.11. The van der Waals surface area contributed by atoms with E-state index in [2.05, 4.69) is 136 Å². The second-order valence-electron chi connectivity index (χ2n) is 13.2. The van der Waals surface area contributed by atoms with Crippen LogP contribution in [-0.2, 0) is 9.47 Å². The highest BCUT2D eigenvalue weighted by Crippen LogP contribution is 2.16. The zero-order chi connectivity index (χ0) is 40.9. The highest BCUT2D eigenvalue weighted by Gasteiger charge is 2.05. The predicted octanol–water partition coefficient (Wildman–Crippen LogP) is 12.7. The van der Waals surface area contributed by atoms with Crippen LogP contribution in [0.4, 0.5) is 0 Å². The summed E-state index contributed by atoms with van der Waals surface area (Å²) in [5.41, 5.74) is 5.67. The number of allylic oxidation sites excluding steroid dienone is 5. The Bertz CT molecular complexity index is 813. The molecular formula is C45H94N4O2. The molecule has 2 heterocycles. The van der Waals surface area contributed by atoms with Crippen LogP contribution in [-0.4, -0.2) is 95.7 Å². The first-order valence-electron chi connectivity index (χ1n) is 20.2. The van der Waals surface area contributed by atoms with Gasteiger partial charge in [0.25, 0.3) is 0 Å². The molecule has 2 aliphatic heterocycles. The predicted molar refractivity (Wildman–Crippen MR) is 236 cm³/mol. The van der Waals surface area contributed by atoms with E-state index in [4.69, 9.17) is 9.47 Å². The number of likely N-dealkylation sites (N-methyl/N-ethyl adjacent to an activating group) is 2. The highest BCUT2D eigenvalue weighted by molar-refractivity contribution is 5.82. The molecule has 6 nitrogen and oxygen atoms in total. The molecule has 0 radical (unpaired) electrons. The van der Waals surface area contributed by atoms with Crippen molar-refractivity contribution >= 4 is 5.71 Å². The Morgan fingerprint density at radius 3 is 1.29 bits per heavy atom. The monoisotopic (exact) mass is 723 g/mol. The fraction of sp³-hybridized carbons (Fsp3) is 0.800. The molecule has 0 atom stereocenters. The van der Waals surface area contributed by atoms with Crippen LogP contribution < -0.4 is 0 Å². The molecule has 0 aromatic rings. The van der Waals surface area contributed by atoms with E-state index in [1.165, 1.54) is 67.4 Å². The molecule has 0 N–H and O–H groups in total. The normalized spacial score (nSPS) is 13.3. The first-order chi connectivity index (χ1) is 24.2. The van der Waals surface area contributed by atoms with E-state index in [0.29, 0.717) is 0 Å². The Balaban J connectivity index is -0.000000114. The van der Waals surface area contributed by atoms with Gasteiger partial charge in [-0.15, -0.1) is 11.8 Å². The van der Waals surface area contributed by atoms with Crippen molar-refractivity contribution in [1.82, 2.24) is 14.8 Å². The summed E-state index contributed by atoms with van der Waals surface area (Å²) in [6, 6.07) is 0. The van der Waals surface area contributed by atoms with Crippen LogP contribution in [0.15, 0.2) is 39.7 Å². The summed E-state index contributed by atoms with van der Waals surface area (Å²) in [5.74, 6) is 6.89. The van der Waals surface area contributed by atoms with E-state index in [0.717, 1.165) is 64.3 Å². The smallest absolute Gasteiger partial charge is 0.0919 e. The van der Waals surface area contributed by atoms with Gasteiger partial charge >= 0.3 is 0 Å². The van der Waals surface area contributed by atoms with E-state index in [1.807, 2.05) is 39.8 Å². The van der Waals surface area contributed by atoms with Gasteiger partial charge in [-0.05, 0) is 101 Å².